The summed E-state index contributed by atoms with van der Waals surface area (Å²) in [4.78, 5) is 21.7. The van der Waals surface area contributed by atoms with Gasteiger partial charge in [-0.2, -0.15) is 0 Å². The molecule has 0 rings (SSSR count). The second-order valence-corrected chi connectivity index (χ2v) is 3.77. The van der Waals surface area contributed by atoms with Crippen molar-refractivity contribution in [3.8, 4) is 0 Å². The summed E-state index contributed by atoms with van der Waals surface area (Å²) in [5, 5.41) is 0.467. The molecule has 0 heterocycles. The first-order valence-corrected chi connectivity index (χ1v) is 5.63. The Kier molecular flexibility index (Phi) is 7.81. The van der Waals surface area contributed by atoms with Gasteiger partial charge in [-0.1, -0.05) is 18.7 Å². The molecule has 15 heavy (non-hydrogen) atoms. The van der Waals surface area contributed by atoms with Gasteiger partial charge in [0.05, 0.1) is 19.5 Å². The molecule has 0 bridgehead atoms. The third-order valence-corrected chi connectivity index (χ3v) is 2.23. The second kappa shape index (κ2) is 8.35. The SMILES string of the molecule is CCCOC(=CC(C)=O)SCC(=O)OC. The van der Waals surface area contributed by atoms with E-state index in [4.69, 9.17) is 4.74 Å². The topological polar surface area (TPSA) is 52.6 Å². The van der Waals surface area contributed by atoms with Crippen LogP contribution in [0, 0.1) is 0 Å². The van der Waals surface area contributed by atoms with Gasteiger partial charge in [-0.05, 0) is 13.3 Å². The quantitative estimate of drug-likeness (QED) is 0.380. The first-order chi connectivity index (χ1) is 7.10. The number of thioether (sulfide) groups is 1. The van der Waals surface area contributed by atoms with Crippen molar-refractivity contribution >= 4 is 23.5 Å². The molecule has 0 aromatic carbocycles. The summed E-state index contributed by atoms with van der Waals surface area (Å²) < 4.78 is 9.78. The van der Waals surface area contributed by atoms with E-state index in [1.165, 1.54) is 31.9 Å². The fraction of sp³-hybridized carbons (Fsp3) is 0.600. The zero-order valence-corrected chi connectivity index (χ0v) is 10.1. The Morgan fingerprint density at radius 2 is 2.07 bits per heavy atom. The number of hydrogen-bond donors (Lipinski definition) is 0. The summed E-state index contributed by atoms with van der Waals surface area (Å²) >= 11 is 1.17. The van der Waals surface area contributed by atoms with Gasteiger partial charge in [0, 0.05) is 6.08 Å². The first kappa shape index (κ1) is 14.0. The molecule has 0 fully saturated rings. The number of carbonyl (C=O) groups is 2. The number of methoxy groups -OCH3 is 1. The Morgan fingerprint density at radius 1 is 1.40 bits per heavy atom. The molecule has 0 aliphatic rings. The first-order valence-electron chi connectivity index (χ1n) is 4.64. The van der Waals surface area contributed by atoms with Gasteiger partial charge >= 0.3 is 5.97 Å². The molecule has 0 aromatic rings. The number of ketones is 1. The van der Waals surface area contributed by atoms with E-state index in [-0.39, 0.29) is 17.5 Å². The van der Waals surface area contributed by atoms with Crippen molar-refractivity contribution in [3.05, 3.63) is 11.2 Å². The van der Waals surface area contributed by atoms with Crippen LogP contribution in [0.5, 0.6) is 0 Å². The Bertz CT molecular complexity index is 248. The molecule has 0 N–H and O–H groups in total. The number of rotatable bonds is 7. The molecule has 0 aromatic heterocycles. The normalized spacial score (nSPS) is 11.0. The minimum absolute atomic E-state index is 0.0986. The number of hydrogen-bond acceptors (Lipinski definition) is 5. The van der Waals surface area contributed by atoms with Gasteiger partial charge in [-0.3, -0.25) is 9.59 Å². The van der Waals surface area contributed by atoms with E-state index in [1.807, 2.05) is 6.92 Å². The largest absolute Gasteiger partial charge is 0.487 e. The second-order valence-electron chi connectivity index (χ2n) is 2.79. The number of allylic oxidation sites excluding steroid dienone is 1. The highest BCUT2D eigenvalue weighted by Gasteiger charge is 2.06. The van der Waals surface area contributed by atoms with Crippen LogP contribution in [0.15, 0.2) is 11.2 Å². The third-order valence-electron chi connectivity index (χ3n) is 1.33. The molecular formula is C10H16O4S. The summed E-state index contributed by atoms with van der Waals surface area (Å²) in [5.74, 6) is -0.285. The van der Waals surface area contributed by atoms with Gasteiger partial charge in [0.1, 0.15) is 0 Å². The Labute approximate surface area is 94.0 Å². The minimum Gasteiger partial charge on any atom is -0.487 e. The molecule has 0 radical (unpaired) electrons. The Hall–Kier alpha value is -0.970. The van der Waals surface area contributed by atoms with Crippen molar-refractivity contribution in [3.63, 3.8) is 0 Å². The lowest BCUT2D eigenvalue weighted by Gasteiger charge is -2.07. The Balaban J connectivity index is 4.13. The van der Waals surface area contributed by atoms with Crippen molar-refractivity contribution in [1.82, 2.24) is 0 Å². The van der Waals surface area contributed by atoms with Crippen LogP contribution in [0.25, 0.3) is 0 Å². The molecule has 0 spiro atoms. The predicted octanol–water partition coefficient (Wildman–Crippen LogP) is 1.75. The molecule has 0 saturated heterocycles. The van der Waals surface area contributed by atoms with E-state index < -0.39 is 0 Å². The van der Waals surface area contributed by atoms with E-state index in [1.54, 1.807) is 0 Å². The number of ether oxygens (including phenoxy) is 2. The van der Waals surface area contributed by atoms with Crippen LogP contribution in [-0.4, -0.2) is 31.2 Å². The molecule has 0 aliphatic heterocycles. The maximum absolute atomic E-state index is 10.9. The van der Waals surface area contributed by atoms with Crippen molar-refractivity contribution in [2.75, 3.05) is 19.5 Å². The molecule has 86 valence electrons. The maximum atomic E-state index is 10.9. The van der Waals surface area contributed by atoms with Crippen LogP contribution in [0.1, 0.15) is 20.3 Å². The minimum atomic E-state index is -0.338. The average Bonchev–Trinajstić information content (AvgIpc) is 2.20. The van der Waals surface area contributed by atoms with E-state index >= 15 is 0 Å². The van der Waals surface area contributed by atoms with Crippen LogP contribution in [0.4, 0.5) is 0 Å². The Morgan fingerprint density at radius 3 is 2.53 bits per heavy atom. The molecule has 0 saturated carbocycles. The van der Waals surface area contributed by atoms with Crippen molar-refractivity contribution in [1.29, 1.82) is 0 Å². The zero-order chi connectivity index (χ0) is 11.7. The molecule has 0 aliphatic carbocycles. The van der Waals surface area contributed by atoms with Gasteiger partial charge in [-0.25, -0.2) is 0 Å². The summed E-state index contributed by atoms with van der Waals surface area (Å²) in [6.45, 7) is 3.94. The van der Waals surface area contributed by atoms with E-state index in [9.17, 15) is 9.59 Å². The van der Waals surface area contributed by atoms with E-state index in [0.717, 1.165) is 6.42 Å². The monoisotopic (exact) mass is 232 g/mol. The van der Waals surface area contributed by atoms with Crippen LogP contribution >= 0.6 is 11.8 Å². The number of carbonyl (C=O) groups excluding carboxylic acids is 2. The molecule has 4 nitrogen and oxygen atoms in total. The lowest BCUT2D eigenvalue weighted by atomic mass is 10.4. The standard InChI is InChI=1S/C10H16O4S/c1-4-5-14-10(6-8(2)11)15-7-9(12)13-3/h6H,4-5,7H2,1-3H3. The van der Waals surface area contributed by atoms with Crippen molar-refractivity contribution < 1.29 is 19.1 Å². The fourth-order valence-corrected chi connectivity index (χ4v) is 1.48. The highest BCUT2D eigenvalue weighted by Crippen LogP contribution is 2.17. The van der Waals surface area contributed by atoms with Gasteiger partial charge in [0.2, 0.25) is 0 Å². The van der Waals surface area contributed by atoms with E-state index in [2.05, 4.69) is 4.74 Å². The lowest BCUT2D eigenvalue weighted by molar-refractivity contribution is -0.137. The highest BCUT2D eigenvalue weighted by molar-refractivity contribution is 8.03. The van der Waals surface area contributed by atoms with Crippen LogP contribution in [-0.2, 0) is 19.1 Å². The summed E-state index contributed by atoms with van der Waals surface area (Å²) in [6.07, 6.45) is 2.23. The van der Waals surface area contributed by atoms with Gasteiger partial charge in [0.25, 0.3) is 0 Å². The summed E-state index contributed by atoms with van der Waals surface area (Å²) in [5.41, 5.74) is 0. The van der Waals surface area contributed by atoms with Crippen molar-refractivity contribution in [2.45, 2.75) is 20.3 Å². The highest BCUT2D eigenvalue weighted by atomic mass is 32.2. The number of esters is 1. The van der Waals surface area contributed by atoms with Crippen LogP contribution < -0.4 is 0 Å². The predicted molar refractivity (Wildman–Crippen MR) is 59.5 cm³/mol. The molecule has 5 heteroatoms. The van der Waals surface area contributed by atoms with Crippen LogP contribution in [0.3, 0.4) is 0 Å². The molecule has 0 unspecified atom stereocenters. The molecule has 0 amide bonds. The maximum Gasteiger partial charge on any atom is 0.316 e. The molecular weight excluding hydrogens is 216 g/mol. The zero-order valence-electron chi connectivity index (χ0n) is 9.24. The fourth-order valence-electron chi connectivity index (χ4n) is 0.683. The smallest absolute Gasteiger partial charge is 0.316 e. The van der Waals surface area contributed by atoms with Gasteiger partial charge in [0.15, 0.2) is 10.9 Å². The van der Waals surface area contributed by atoms with E-state index in [0.29, 0.717) is 11.7 Å². The average molecular weight is 232 g/mol. The summed E-state index contributed by atoms with van der Waals surface area (Å²) in [7, 11) is 1.32. The summed E-state index contributed by atoms with van der Waals surface area (Å²) in [6, 6.07) is 0. The van der Waals surface area contributed by atoms with Gasteiger partial charge in [-0.15, -0.1) is 0 Å². The van der Waals surface area contributed by atoms with Crippen molar-refractivity contribution in [2.24, 2.45) is 0 Å². The molecule has 0 atom stereocenters. The third kappa shape index (κ3) is 8.05. The van der Waals surface area contributed by atoms with Gasteiger partial charge < -0.3 is 9.47 Å². The lowest BCUT2D eigenvalue weighted by Crippen LogP contribution is -2.05. The van der Waals surface area contributed by atoms with Crippen LogP contribution in [0.2, 0.25) is 0 Å².